The predicted octanol–water partition coefficient (Wildman–Crippen LogP) is 3.82. The van der Waals surface area contributed by atoms with Crippen LogP contribution in [0.4, 0.5) is 0 Å². The number of hydrogen-bond acceptors (Lipinski definition) is 3. The summed E-state index contributed by atoms with van der Waals surface area (Å²) in [5, 5.41) is 7.96. The van der Waals surface area contributed by atoms with Crippen LogP contribution >= 0.6 is 11.6 Å². The molecule has 1 aliphatic rings. The first kappa shape index (κ1) is 20.2. The van der Waals surface area contributed by atoms with Crippen molar-refractivity contribution in [3.05, 3.63) is 87.7 Å². The van der Waals surface area contributed by atoms with Crippen molar-refractivity contribution in [2.75, 3.05) is 6.54 Å². The second-order valence-electron chi connectivity index (χ2n) is 7.45. The number of benzene rings is 2. The van der Waals surface area contributed by atoms with Crippen molar-refractivity contribution < 1.29 is 9.59 Å². The summed E-state index contributed by atoms with van der Waals surface area (Å²) in [5.41, 5.74) is 3.89. The van der Waals surface area contributed by atoms with E-state index >= 15 is 0 Å². The number of rotatable bonds is 5. The SMILES string of the molecule is Cc1ccccc1CNC(=O)c1cc2n(n1)CCCN(Cc1ccc(Cl)cc1)C2=O. The molecule has 0 atom stereocenters. The normalized spacial score (nSPS) is 13.7. The molecular formula is C23H23ClN4O2. The maximum atomic E-state index is 13.1. The first-order chi connectivity index (χ1) is 14.5. The van der Waals surface area contributed by atoms with E-state index in [0.29, 0.717) is 36.9 Å². The van der Waals surface area contributed by atoms with Gasteiger partial charge in [0, 0.05) is 37.3 Å². The Hall–Kier alpha value is -3.12. The summed E-state index contributed by atoms with van der Waals surface area (Å²) in [6.45, 7) is 4.16. The first-order valence-electron chi connectivity index (χ1n) is 9.95. The Morgan fingerprint density at radius 1 is 1.13 bits per heavy atom. The topological polar surface area (TPSA) is 67.2 Å². The molecule has 4 rings (SSSR count). The number of fused-ring (bicyclic) bond motifs is 1. The van der Waals surface area contributed by atoms with Crippen LogP contribution in [0.25, 0.3) is 0 Å². The lowest BCUT2D eigenvalue weighted by Crippen LogP contribution is -2.30. The molecule has 0 unspecified atom stereocenters. The van der Waals surface area contributed by atoms with E-state index in [2.05, 4.69) is 10.4 Å². The molecule has 0 saturated carbocycles. The monoisotopic (exact) mass is 422 g/mol. The number of aromatic nitrogens is 2. The van der Waals surface area contributed by atoms with Crippen LogP contribution in [0, 0.1) is 6.92 Å². The zero-order valence-electron chi connectivity index (χ0n) is 16.8. The standard InChI is InChI=1S/C23H23ClN4O2/c1-16-5-2-3-6-18(16)14-25-22(29)20-13-21-23(30)27(11-4-12-28(21)26-20)15-17-7-9-19(24)10-8-17/h2-3,5-10,13H,4,11-12,14-15H2,1H3,(H,25,29). The third-order valence-corrected chi connectivity index (χ3v) is 5.56. The van der Waals surface area contributed by atoms with E-state index in [1.807, 2.05) is 55.5 Å². The Morgan fingerprint density at radius 3 is 2.67 bits per heavy atom. The largest absolute Gasteiger partial charge is 0.347 e. The number of hydrogen-bond donors (Lipinski definition) is 1. The molecule has 0 saturated heterocycles. The van der Waals surface area contributed by atoms with E-state index in [1.54, 1.807) is 15.6 Å². The minimum Gasteiger partial charge on any atom is -0.347 e. The molecule has 0 aliphatic carbocycles. The van der Waals surface area contributed by atoms with Crippen molar-refractivity contribution >= 4 is 23.4 Å². The summed E-state index contributed by atoms with van der Waals surface area (Å²) in [5.74, 6) is -0.399. The van der Waals surface area contributed by atoms with Gasteiger partial charge in [-0.25, -0.2) is 0 Å². The summed E-state index contributed by atoms with van der Waals surface area (Å²) in [7, 11) is 0. The van der Waals surface area contributed by atoms with Gasteiger partial charge in [-0.05, 0) is 42.2 Å². The molecule has 154 valence electrons. The summed E-state index contributed by atoms with van der Waals surface area (Å²) in [4.78, 5) is 27.5. The van der Waals surface area contributed by atoms with Gasteiger partial charge in [0.25, 0.3) is 11.8 Å². The van der Waals surface area contributed by atoms with Gasteiger partial charge in [0.2, 0.25) is 0 Å². The van der Waals surface area contributed by atoms with Gasteiger partial charge < -0.3 is 10.2 Å². The summed E-state index contributed by atoms with van der Waals surface area (Å²) in [6.07, 6.45) is 0.776. The van der Waals surface area contributed by atoms with Crippen LogP contribution in [0.2, 0.25) is 5.02 Å². The Labute approximate surface area is 180 Å². The maximum Gasteiger partial charge on any atom is 0.272 e. The number of nitrogens with zero attached hydrogens (tertiary/aromatic N) is 3. The molecule has 2 heterocycles. The molecule has 1 N–H and O–H groups in total. The van der Waals surface area contributed by atoms with Gasteiger partial charge in [0.1, 0.15) is 5.69 Å². The Kier molecular flexibility index (Phi) is 5.86. The van der Waals surface area contributed by atoms with Crippen LogP contribution in [-0.2, 0) is 19.6 Å². The Balaban J connectivity index is 1.47. The van der Waals surface area contributed by atoms with E-state index in [0.717, 1.165) is 23.1 Å². The van der Waals surface area contributed by atoms with Gasteiger partial charge in [0.15, 0.2) is 5.69 Å². The minimum absolute atomic E-state index is 0.118. The van der Waals surface area contributed by atoms with E-state index in [4.69, 9.17) is 11.6 Å². The second kappa shape index (κ2) is 8.71. The van der Waals surface area contributed by atoms with Crippen molar-refractivity contribution in [1.82, 2.24) is 20.0 Å². The fourth-order valence-electron chi connectivity index (χ4n) is 3.58. The molecule has 3 aromatic rings. The summed E-state index contributed by atoms with van der Waals surface area (Å²) in [6, 6.07) is 17.0. The average Bonchev–Trinajstić information content (AvgIpc) is 3.12. The van der Waals surface area contributed by atoms with Crippen LogP contribution in [-0.4, -0.2) is 33.0 Å². The number of carbonyl (C=O) groups excluding carboxylic acids is 2. The summed E-state index contributed by atoms with van der Waals surface area (Å²) < 4.78 is 1.65. The highest BCUT2D eigenvalue weighted by Gasteiger charge is 2.26. The molecule has 30 heavy (non-hydrogen) atoms. The van der Waals surface area contributed by atoms with Crippen molar-refractivity contribution in [3.8, 4) is 0 Å². The smallest absolute Gasteiger partial charge is 0.272 e. The third kappa shape index (κ3) is 4.39. The second-order valence-corrected chi connectivity index (χ2v) is 7.89. The molecule has 0 radical (unpaired) electrons. The van der Waals surface area contributed by atoms with E-state index in [1.165, 1.54) is 0 Å². The van der Waals surface area contributed by atoms with E-state index in [9.17, 15) is 9.59 Å². The van der Waals surface area contributed by atoms with Crippen molar-refractivity contribution in [1.29, 1.82) is 0 Å². The van der Waals surface area contributed by atoms with Crippen LogP contribution < -0.4 is 5.32 Å². The van der Waals surface area contributed by atoms with Crippen LogP contribution in [0.5, 0.6) is 0 Å². The molecule has 6 nitrogen and oxygen atoms in total. The zero-order chi connectivity index (χ0) is 21.1. The maximum absolute atomic E-state index is 13.1. The summed E-state index contributed by atoms with van der Waals surface area (Å²) >= 11 is 5.95. The van der Waals surface area contributed by atoms with Crippen LogP contribution in [0.3, 0.4) is 0 Å². The zero-order valence-corrected chi connectivity index (χ0v) is 17.5. The first-order valence-corrected chi connectivity index (χ1v) is 10.3. The number of amides is 2. The molecule has 1 aliphatic heterocycles. The van der Waals surface area contributed by atoms with Gasteiger partial charge in [0.05, 0.1) is 0 Å². The third-order valence-electron chi connectivity index (χ3n) is 5.30. The number of aryl methyl sites for hydroxylation is 2. The average molecular weight is 423 g/mol. The molecule has 2 aromatic carbocycles. The van der Waals surface area contributed by atoms with E-state index in [-0.39, 0.29) is 17.5 Å². The van der Waals surface area contributed by atoms with Crippen LogP contribution in [0.1, 0.15) is 44.1 Å². The lowest BCUT2D eigenvalue weighted by Gasteiger charge is -2.20. The van der Waals surface area contributed by atoms with Gasteiger partial charge in [-0.1, -0.05) is 48.0 Å². The molecular weight excluding hydrogens is 400 g/mol. The van der Waals surface area contributed by atoms with E-state index < -0.39 is 0 Å². The molecule has 2 amide bonds. The van der Waals surface area contributed by atoms with Gasteiger partial charge in [-0.2, -0.15) is 5.10 Å². The highest BCUT2D eigenvalue weighted by molar-refractivity contribution is 6.30. The fraction of sp³-hybridized carbons (Fsp3) is 0.261. The number of carbonyl (C=O) groups is 2. The minimum atomic E-state index is -0.282. The van der Waals surface area contributed by atoms with Crippen LogP contribution in [0.15, 0.2) is 54.6 Å². The number of nitrogens with one attached hydrogen (secondary N) is 1. The predicted molar refractivity (Wildman–Crippen MR) is 115 cm³/mol. The van der Waals surface area contributed by atoms with Gasteiger partial charge in [-0.3, -0.25) is 14.3 Å². The number of halogens is 1. The molecule has 0 bridgehead atoms. The fourth-order valence-corrected chi connectivity index (χ4v) is 3.71. The Morgan fingerprint density at radius 2 is 1.90 bits per heavy atom. The molecule has 0 fully saturated rings. The highest BCUT2D eigenvalue weighted by atomic mass is 35.5. The quantitative estimate of drug-likeness (QED) is 0.679. The molecule has 7 heteroatoms. The van der Waals surface area contributed by atoms with Crippen molar-refractivity contribution in [3.63, 3.8) is 0 Å². The van der Waals surface area contributed by atoms with Crippen molar-refractivity contribution in [2.45, 2.75) is 33.0 Å². The molecule has 1 aromatic heterocycles. The van der Waals surface area contributed by atoms with Crippen molar-refractivity contribution in [2.24, 2.45) is 0 Å². The molecule has 0 spiro atoms. The highest BCUT2D eigenvalue weighted by Crippen LogP contribution is 2.18. The lowest BCUT2D eigenvalue weighted by molar-refractivity contribution is 0.0745. The van der Waals surface area contributed by atoms with Gasteiger partial charge in [-0.15, -0.1) is 0 Å². The lowest BCUT2D eigenvalue weighted by atomic mass is 10.1. The Bertz CT molecular complexity index is 1080. The van der Waals surface area contributed by atoms with Gasteiger partial charge >= 0.3 is 0 Å².